The van der Waals surface area contributed by atoms with Gasteiger partial charge < -0.3 is 0 Å². The molecule has 112 valence electrons. The van der Waals surface area contributed by atoms with Crippen molar-refractivity contribution in [1.82, 2.24) is 0 Å². The molecule has 2 rings (SSSR count). The van der Waals surface area contributed by atoms with Crippen molar-refractivity contribution in [2.24, 2.45) is 41.4 Å². The summed E-state index contributed by atoms with van der Waals surface area (Å²) in [6.45, 7) is 12.4. The van der Waals surface area contributed by atoms with Gasteiger partial charge in [-0.15, -0.1) is 0 Å². The van der Waals surface area contributed by atoms with Gasteiger partial charge >= 0.3 is 0 Å². The molecule has 0 amide bonds. The van der Waals surface area contributed by atoms with Crippen LogP contribution in [0.2, 0.25) is 0 Å². The second kappa shape index (κ2) is 6.64. The second-order valence-electron chi connectivity index (χ2n) is 7.99. The van der Waals surface area contributed by atoms with E-state index in [0.29, 0.717) is 0 Å². The molecule has 0 aromatic heterocycles. The van der Waals surface area contributed by atoms with Crippen LogP contribution in [0, 0.1) is 41.4 Å². The van der Waals surface area contributed by atoms with Crippen molar-refractivity contribution in [3.63, 3.8) is 0 Å². The van der Waals surface area contributed by atoms with E-state index in [1.54, 1.807) is 0 Å². The van der Waals surface area contributed by atoms with Crippen LogP contribution in [0.4, 0.5) is 0 Å². The SMILES string of the molecule is CCC1CC(C)C(C2CC(C)C(CC)CCC2C)C1. The highest BCUT2D eigenvalue weighted by Crippen LogP contribution is 2.49. The van der Waals surface area contributed by atoms with E-state index in [-0.39, 0.29) is 0 Å². The summed E-state index contributed by atoms with van der Waals surface area (Å²) in [4.78, 5) is 0. The van der Waals surface area contributed by atoms with Crippen molar-refractivity contribution in [3.8, 4) is 0 Å². The van der Waals surface area contributed by atoms with Crippen LogP contribution in [0.3, 0.4) is 0 Å². The average molecular weight is 264 g/mol. The Hall–Kier alpha value is 0. The van der Waals surface area contributed by atoms with Crippen LogP contribution >= 0.6 is 0 Å². The zero-order chi connectivity index (χ0) is 14.0. The molecule has 0 radical (unpaired) electrons. The molecule has 0 N–H and O–H groups in total. The van der Waals surface area contributed by atoms with Crippen molar-refractivity contribution < 1.29 is 0 Å². The fraction of sp³-hybridized carbons (Fsp3) is 1.00. The van der Waals surface area contributed by atoms with Gasteiger partial charge in [-0.1, -0.05) is 53.9 Å². The van der Waals surface area contributed by atoms with E-state index in [2.05, 4.69) is 34.6 Å². The summed E-state index contributed by atoms with van der Waals surface area (Å²) in [6, 6.07) is 0. The zero-order valence-corrected chi connectivity index (χ0v) is 14.0. The third-order valence-corrected chi connectivity index (χ3v) is 6.87. The fourth-order valence-corrected chi connectivity index (χ4v) is 5.38. The van der Waals surface area contributed by atoms with Gasteiger partial charge in [0.1, 0.15) is 0 Å². The van der Waals surface area contributed by atoms with Crippen LogP contribution in [0.15, 0.2) is 0 Å². The summed E-state index contributed by atoms with van der Waals surface area (Å²) in [5.41, 5.74) is 0. The van der Waals surface area contributed by atoms with Gasteiger partial charge in [-0.3, -0.25) is 0 Å². The van der Waals surface area contributed by atoms with Crippen LogP contribution in [0.25, 0.3) is 0 Å². The maximum absolute atomic E-state index is 2.56. The third kappa shape index (κ3) is 3.37. The first-order valence-electron chi connectivity index (χ1n) is 9.06. The number of rotatable bonds is 3. The highest BCUT2D eigenvalue weighted by Gasteiger charge is 2.40. The van der Waals surface area contributed by atoms with Gasteiger partial charge in [0.2, 0.25) is 0 Å². The average Bonchev–Trinajstić information content (AvgIpc) is 2.70. The van der Waals surface area contributed by atoms with Crippen LogP contribution in [-0.4, -0.2) is 0 Å². The number of hydrogen-bond donors (Lipinski definition) is 0. The molecule has 0 aromatic carbocycles. The lowest BCUT2D eigenvalue weighted by atomic mass is 9.73. The summed E-state index contributed by atoms with van der Waals surface area (Å²) in [5.74, 6) is 7.03. The molecular formula is C19H36. The van der Waals surface area contributed by atoms with Crippen LogP contribution < -0.4 is 0 Å². The molecule has 2 aliphatic rings. The minimum absolute atomic E-state index is 0.966. The standard InChI is InChI=1S/C19H36/c1-6-16-10-15(5)19(12-16)18-11-14(4)17(7-2)9-8-13(18)3/h13-19H,6-12H2,1-5H3. The molecule has 7 unspecified atom stereocenters. The van der Waals surface area contributed by atoms with Crippen molar-refractivity contribution in [2.75, 3.05) is 0 Å². The predicted molar refractivity (Wildman–Crippen MR) is 85.1 cm³/mol. The smallest absolute Gasteiger partial charge is 0.0355 e. The Labute approximate surface area is 121 Å². The van der Waals surface area contributed by atoms with Crippen LogP contribution in [-0.2, 0) is 0 Å². The normalized spacial score (nSPS) is 48.2. The van der Waals surface area contributed by atoms with Gasteiger partial charge in [-0.2, -0.15) is 0 Å². The van der Waals surface area contributed by atoms with Crippen molar-refractivity contribution in [2.45, 2.75) is 79.6 Å². The molecule has 7 atom stereocenters. The Bertz CT molecular complexity index is 269. The molecule has 19 heavy (non-hydrogen) atoms. The zero-order valence-electron chi connectivity index (χ0n) is 14.0. The van der Waals surface area contributed by atoms with Gasteiger partial charge in [0.25, 0.3) is 0 Å². The molecule has 0 nitrogen and oxygen atoms in total. The molecule has 0 bridgehead atoms. The lowest BCUT2D eigenvalue weighted by Gasteiger charge is -2.32. The Morgan fingerprint density at radius 2 is 1.37 bits per heavy atom. The summed E-state index contributed by atoms with van der Waals surface area (Å²) in [5, 5.41) is 0. The highest BCUT2D eigenvalue weighted by molar-refractivity contribution is 4.90. The van der Waals surface area contributed by atoms with Crippen LogP contribution in [0.5, 0.6) is 0 Å². The monoisotopic (exact) mass is 264 g/mol. The van der Waals surface area contributed by atoms with E-state index >= 15 is 0 Å². The second-order valence-corrected chi connectivity index (χ2v) is 7.99. The molecule has 0 spiro atoms. The molecule has 2 fully saturated rings. The van der Waals surface area contributed by atoms with Gasteiger partial charge in [0.05, 0.1) is 0 Å². The number of hydrogen-bond acceptors (Lipinski definition) is 0. The molecule has 0 aliphatic heterocycles. The van der Waals surface area contributed by atoms with E-state index in [4.69, 9.17) is 0 Å². The van der Waals surface area contributed by atoms with E-state index in [0.717, 1.165) is 41.4 Å². The quantitative estimate of drug-likeness (QED) is 0.536. The van der Waals surface area contributed by atoms with Crippen LogP contribution in [0.1, 0.15) is 79.6 Å². The molecule has 0 saturated heterocycles. The highest BCUT2D eigenvalue weighted by atomic mass is 14.5. The fourth-order valence-electron chi connectivity index (χ4n) is 5.38. The summed E-state index contributed by atoms with van der Waals surface area (Å²) >= 11 is 0. The van der Waals surface area contributed by atoms with Gasteiger partial charge in [0.15, 0.2) is 0 Å². The summed E-state index contributed by atoms with van der Waals surface area (Å²) in [7, 11) is 0. The van der Waals surface area contributed by atoms with Gasteiger partial charge in [0, 0.05) is 0 Å². The van der Waals surface area contributed by atoms with Gasteiger partial charge in [-0.25, -0.2) is 0 Å². The van der Waals surface area contributed by atoms with E-state index in [1.807, 2.05) is 0 Å². The molecule has 0 aromatic rings. The lowest BCUT2D eigenvalue weighted by molar-refractivity contribution is 0.170. The van der Waals surface area contributed by atoms with E-state index < -0.39 is 0 Å². The molecular weight excluding hydrogens is 228 g/mol. The summed E-state index contributed by atoms with van der Waals surface area (Å²) in [6.07, 6.45) is 10.4. The Kier molecular flexibility index (Phi) is 5.37. The molecule has 0 heterocycles. The third-order valence-electron chi connectivity index (χ3n) is 6.87. The molecule has 0 heteroatoms. The van der Waals surface area contributed by atoms with Crippen molar-refractivity contribution in [3.05, 3.63) is 0 Å². The Balaban J connectivity index is 2.05. The molecule has 2 aliphatic carbocycles. The molecule has 2 saturated carbocycles. The van der Waals surface area contributed by atoms with E-state index in [1.165, 1.54) is 44.9 Å². The predicted octanol–water partition coefficient (Wildman–Crippen LogP) is 6.16. The van der Waals surface area contributed by atoms with Crippen molar-refractivity contribution in [1.29, 1.82) is 0 Å². The minimum Gasteiger partial charge on any atom is -0.0651 e. The van der Waals surface area contributed by atoms with E-state index in [9.17, 15) is 0 Å². The topological polar surface area (TPSA) is 0 Å². The maximum Gasteiger partial charge on any atom is -0.0355 e. The van der Waals surface area contributed by atoms with Crippen molar-refractivity contribution >= 4 is 0 Å². The largest absolute Gasteiger partial charge is 0.0651 e. The Morgan fingerprint density at radius 1 is 0.684 bits per heavy atom. The minimum atomic E-state index is 0.966. The van der Waals surface area contributed by atoms with Gasteiger partial charge in [-0.05, 0) is 67.1 Å². The first kappa shape index (κ1) is 15.4. The Morgan fingerprint density at radius 3 is 1.95 bits per heavy atom. The lowest BCUT2D eigenvalue weighted by Crippen LogP contribution is -2.25. The first-order valence-corrected chi connectivity index (χ1v) is 9.06. The first-order chi connectivity index (χ1) is 9.06. The summed E-state index contributed by atoms with van der Waals surface area (Å²) < 4.78 is 0. The maximum atomic E-state index is 2.56.